The number of halogens is 2. The molecule has 1 fully saturated rings. The molecule has 1 atom stereocenters. The molecule has 19 heavy (non-hydrogen) atoms. The second kappa shape index (κ2) is 6.79. The Bertz CT molecular complexity index is 459. The van der Waals surface area contributed by atoms with E-state index in [4.69, 9.17) is 5.73 Å². The Labute approximate surface area is 117 Å². The highest BCUT2D eigenvalue weighted by Gasteiger charge is 2.18. The number of nitrogens with two attached hydrogens (primary N) is 1. The number of rotatable bonds is 3. The minimum atomic E-state index is -0.594. The number of hydrogen-bond donors (Lipinski definition) is 1. The molecule has 1 saturated heterocycles. The first-order valence-electron chi connectivity index (χ1n) is 5.97. The van der Waals surface area contributed by atoms with Crippen molar-refractivity contribution in [2.45, 2.75) is 25.4 Å². The third-order valence-electron chi connectivity index (χ3n) is 3.18. The van der Waals surface area contributed by atoms with E-state index in [2.05, 4.69) is 4.90 Å². The van der Waals surface area contributed by atoms with E-state index in [1.165, 1.54) is 12.1 Å². The molecule has 0 aliphatic carbocycles. The van der Waals surface area contributed by atoms with Gasteiger partial charge in [-0.05, 0) is 25.5 Å². The summed E-state index contributed by atoms with van der Waals surface area (Å²) in [6.45, 7) is 2.10. The Balaban J connectivity index is 0.00000180. The van der Waals surface area contributed by atoms with Gasteiger partial charge in [0.05, 0.1) is 11.0 Å². The maximum atomic E-state index is 13.7. The first-order chi connectivity index (χ1) is 8.56. The minimum absolute atomic E-state index is 0. The summed E-state index contributed by atoms with van der Waals surface area (Å²) >= 11 is 0. The van der Waals surface area contributed by atoms with Gasteiger partial charge in [-0.3, -0.25) is 15.0 Å². The van der Waals surface area contributed by atoms with E-state index in [9.17, 15) is 14.5 Å². The highest BCUT2D eigenvalue weighted by Crippen LogP contribution is 2.19. The van der Waals surface area contributed by atoms with E-state index in [0.717, 1.165) is 32.0 Å². The molecule has 0 aromatic heterocycles. The molecule has 0 radical (unpaired) electrons. The summed E-state index contributed by atoms with van der Waals surface area (Å²) in [5, 5.41) is 10.5. The molecule has 7 heteroatoms. The van der Waals surface area contributed by atoms with Gasteiger partial charge >= 0.3 is 0 Å². The Morgan fingerprint density at radius 2 is 2.26 bits per heavy atom. The molecule has 1 aliphatic heterocycles. The van der Waals surface area contributed by atoms with Crippen LogP contribution >= 0.6 is 12.4 Å². The van der Waals surface area contributed by atoms with E-state index >= 15 is 0 Å². The second-order valence-electron chi connectivity index (χ2n) is 4.67. The molecule has 1 aliphatic rings. The van der Waals surface area contributed by atoms with Crippen molar-refractivity contribution in [1.29, 1.82) is 0 Å². The smallest absolute Gasteiger partial charge is 0.272 e. The zero-order valence-corrected chi connectivity index (χ0v) is 11.2. The lowest BCUT2D eigenvalue weighted by Crippen LogP contribution is -2.42. The van der Waals surface area contributed by atoms with Crippen LogP contribution in [0.5, 0.6) is 0 Å². The van der Waals surface area contributed by atoms with Gasteiger partial charge in [0.2, 0.25) is 0 Å². The number of piperidine rings is 1. The summed E-state index contributed by atoms with van der Waals surface area (Å²) in [4.78, 5) is 12.0. The monoisotopic (exact) mass is 289 g/mol. The van der Waals surface area contributed by atoms with Gasteiger partial charge in [-0.2, -0.15) is 0 Å². The molecular weight excluding hydrogens is 273 g/mol. The van der Waals surface area contributed by atoms with Gasteiger partial charge in [0, 0.05) is 30.8 Å². The predicted octanol–water partition coefficient (Wildman–Crippen LogP) is 2.08. The van der Waals surface area contributed by atoms with Crippen molar-refractivity contribution in [2.24, 2.45) is 5.73 Å². The van der Waals surface area contributed by atoms with Gasteiger partial charge in [0.15, 0.2) is 0 Å². The van der Waals surface area contributed by atoms with Crippen molar-refractivity contribution in [3.63, 3.8) is 0 Å². The number of benzene rings is 1. The Morgan fingerprint density at radius 1 is 1.53 bits per heavy atom. The molecule has 0 amide bonds. The van der Waals surface area contributed by atoms with Crippen LogP contribution in [-0.4, -0.2) is 29.0 Å². The molecule has 5 nitrogen and oxygen atoms in total. The first kappa shape index (κ1) is 15.8. The van der Waals surface area contributed by atoms with Crippen LogP contribution in [0.4, 0.5) is 10.1 Å². The second-order valence-corrected chi connectivity index (χ2v) is 4.67. The minimum Gasteiger partial charge on any atom is -0.327 e. The first-order valence-corrected chi connectivity index (χ1v) is 5.97. The van der Waals surface area contributed by atoms with E-state index < -0.39 is 10.7 Å². The number of nitro groups is 1. The van der Waals surface area contributed by atoms with Crippen LogP contribution in [0.25, 0.3) is 0 Å². The lowest BCUT2D eigenvalue weighted by molar-refractivity contribution is -0.385. The Hall–Kier alpha value is -1.24. The van der Waals surface area contributed by atoms with Crippen molar-refractivity contribution < 1.29 is 9.31 Å². The number of nitro benzene ring substituents is 1. The molecule has 2 rings (SSSR count). The summed E-state index contributed by atoms with van der Waals surface area (Å²) < 4.78 is 13.7. The molecule has 0 bridgehead atoms. The molecule has 1 aromatic carbocycles. The van der Waals surface area contributed by atoms with Gasteiger partial charge < -0.3 is 5.73 Å². The normalized spacial score (nSPS) is 19.8. The number of hydrogen-bond acceptors (Lipinski definition) is 4. The zero-order valence-electron chi connectivity index (χ0n) is 10.4. The zero-order chi connectivity index (χ0) is 13.1. The van der Waals surface area contributed by atoms with E-state index in [1.807, 2.05) is 0 Å². The topological polar surface area (TPSA) is 72.4 Å². The van der Waals surface area contributed by atoms with Crippen LogP contribution in [0.2, 0.25) is 0 Å². The lowest BCUT2D eigenvalue weighted by Gasteiger charge is -2.30. The summed E-state index contributed by atoms with van der Waals surface area (Å²) in [5.41, 5.74) is 6.12. The molecule has 2 N–H and O–H groups in total. The van der Waals surface area contributed by atoms with E-state index in [1.54, 1.807) is 0 Å². The van der Waals surface area contributed by atoms with Crippen LogP contribution < -0.4 is 5.73 Å². The largest absolute Gasteiger partial charge is 0.327 e. The Kier molecular flexibility index (Phi) is 5.65. The molecule has 0 saturated carbocycles. The van der Waals surface area contributed by atoms with E-state index in [-0.39, 0.29) is 24.1 Å². The van der Waals surface area contributed by atoms with Crippen molar-refractivity contribution in [3.05, 3.63) is 39.7 Å². The SMILES string of the molecule is Cl.N[C@@H]1CCCN(Cc2ccc([N+](=O)[O-])cc2F)C1. The van der Waals surface area contributed by atoms with Crippen molar-refractivity contribution >= 4 is 18.1 Å². The fourth-order valence-corrected chi connectivity index (χ4v) is 2.25. The van der Waals surface area contributed by atoms with Crippen molar-refractivity contribution in [3.8, 4) is 0 Å². The molecule has 1 heterocycles. The summed E-state index contributed by atoms with van der Waals surface area (Å²) in [6.07, 6.45) is 2.01. The maximum absolute atomic E-state index is 13.7. The lowest BCUT2D eigenvalue weighted by atomic mass is 10.1. The molecule has 106 valence electrons. The predicted molar refractivity (Wildman–Crippen MR) is 72.8 cm³/mol. The fraction of sp³-hybridized carbons (Fsp3) is 0.500. The van der Waals surface area contributed by atoms with E-state index in [0.29, 0.717) is 12.1 Å². The summed E-state index contributed by atoms with van der Waals surface area (Å²) in [5.74, 6) is -0.525. The van der Waals surface area contributed by atoms with Gasteiger partial charge in [-0.1, -0.05) is 0 Å². The van der Waals surface area contributed by atoms with Crippen LogP contribution in [0.1, 0.15) is 18.4 Å². The van der Waals surface area contributed by atoms with Crippen molar-refractivity contribution in [2.75, 3.05) is 13.1 Å². The standard InChI is InChI=1S/C12H16FN3O2.ClH/c13-12-6-11(16(17)18)4-3-9(12)7-15-5-1-2-10(14)8-15;/h3-4,6,10H,1-2,5,7-8,14H2;1H/t10-;/m1./s1. The number of nitrogens with zero attached hydrogens (tertiary/aromatic N) is 2. The molecule has 1 aromatic rings. The number of likely N-dealkylation sites (tertiary alicyclic amines) is 1. The van der Waals surface area contributed by atoms with Crippen LogP contribution in [0.15, 0.2) is 18.2 Å². The molecule has 0 spiro atoms. The third-order valence-corrected chi connectivity index (χ3v) is 3.18. The van der Waals surface area contributed by atoms with Gasteiger partial charge in [0.1, 0.15) is 5.82 Å². The average molecular weight is 290 g/mol. The highest BCUT2D eigenvalue weighted by atomic mass is 35.5. The fourth-order valence-electron chi connectivity index (χ4n) is 2.25. The van der Waals surface area contributed by atoms with Crippen LogP contribution in [0.3, 0.4) is 0 Å². The Morgan fingerprint density at radius 3 is 2.84 bits per heavy atom. The third kappa shape index (κ3) is 4.12. The molecule has 0 unspecified atom stereocenters. The highest BCUT2D eigenvalue weighted by molar-refractivity contribution is 5.85. The van der Waals surface area contributed by atoms with Gasteiger partial charge in [-0.25, -0.2) is 4.39 Å². The van der Waals surface area contributed by atoms with Crippen LogP contribution in [-0.2, 0) is 6.54 Å². The van der Waals surface area contributed by atoms with Gasteiger partial charge in [0.25, 0.3) is 5.69 Å². The van der Waals surface area contributed by atoms with Crippen LogP contribution in [0, 0.1) is 15.9 Å². The maximum Gasteiger partial charge on any atom is 0.272 e. The summed E-state index contributed by atoms with van der Waals surface area (Å²) in [6, 6.07) is 3.93. The summed E-state index contributed by atoms with van der Waals surface area (Å²) in [7, 11) is 0. The average Bonchev–Trinajstić information content (AvgIpc) is 2.31. The van der Waals surface area contributed by atoms with Crippen molar-refractivity contribution in [1.82, 2.24) is 4.90 Å². The molecular formula is C12H17ClFN3O2. The quantitative estimate of drug-likeness (QED) is 0.683. The van der Waals surface area contributed by atoms with Gasteiger partial charge in [-0.15, -0.1) is 12.4 Å². The number of non-ortho nitro benzene ring substituents is 1.